The van der Waals surface area contributed by atoms with Crippen molar-refractivity contribution in [3.8, 4) is 0 Å². The molecule has 3 heteroatoms. The minimum absolute atomic E-state index is 0.728. The molecule has 1 fully saturated rings. The van der Waals surface area contributed by atoms with E-state index in [1.807, 2.05) is 0 Å². The fourth-order valence-corrected chi connectivity index (χ4v) is 2.77. The van der Waals surface area contributed by atoms with E-state index in [-0.39, 0.29) is 0 Å². The zero-order valence-corrected chi connectivity index (χ0v) is 10.7. The van der Waals surface area contributed by atoms with E-state index < -0.39 is 0 Å². The van der Waals surface area contributed by atoms with Crippen molar-refractivity contribution in [3.05, 3.63) is 35.4 Å². The van der Waals surface area contributed by atoms with E-state index >= 15 is 0 Å². The Morgan fingerprint density at radius 2 is 2.39 bits per heavy atom. The van der Waals surface area contributed by atoms with Gasteiger partial charge in [-0.1, -0.05) is 12.1 Å². The SMILES string of the molecule is c1cc(CC2CCCNC2)cc(C2=NCCO2)c1. The maximum Gasteiger partial charge on any atom is 0.216 e. The van der Waals surface area contributed by atoms with Gasteiger partial charge in [-0.15, -0.1) is 0 Å². The largest absolute Gasteiger partial charge is 0.476 e. The van der Waals surface area contributed by atoms with Gasteiger partial charge in [0, 0.05) is 5.56 Å². The van der Waals surface area contributed by atoms with E-state index in [4.69, 9.17) is 4.74 Å². The second-order valence-corrected chi connectivity index (χ2v) is 5.15. The van der Waals surface area contributed by atoms with Crippen molar-refractivity contribution in [2.45, 2.75) is 19.3 Å². The predicted molar refractivity (Wildman–Crippen MR) is 73.1 cm³/mol. The van der Waals surface area contributed by atoms with E-state index in [1.165, 1.54) is 24.9 Å². The summed E-state index contributed by atoms with van der Waals surface area (Å²) < 4.78 is 5.52. The standard InChI is InChI=1S/C15H20N2O/c1-3-12(9-13-4-2-6-16-11-13)10-14(5-1)15-17-7-8-18-15/h1,3,5,10,13,16H,2,4,6-9,11H2. The monoisotopic (exact) mass is 244 g/mol. The van der Waals surface area contributed by atoms with Crippen LogP contribution in [0.2, 0.25) is 0 Å². The number of hydrogen-bond acceptors (Lipinski definition) is 3. The van der Waals surface area contributed by atoms with Crippen molar-refractivity contribution >= 4 is 5.90 Å². The molecule has 1 N–H and O–H groups in total. The van der Waals surface area contributed by atoms with Crippen molar-refractivity contribution in [1.29, 1.82) is 0 Å². The van der Waals surface area contributed by atoms with Crippen molar-refractivity contribution < 1.29 is 4.74 Å². The molecule has 1 aromatic carbocycles. The molecule has 3 rings (SSSR count). The molecule has 3 nitrogen and oxygen atoms in total. The van der Waals surface area contributed by atoms with Crippen LogP contribution in [-0.2, 0) is 11.2 Å². The molecule has 0 amide bonds. The molecular formula is C15H20N2O. The van der Waals surface area contributed by atoms with Gasteiger partial charge in [0.05, 0.1) is 6.54 Å². The molecule has 18 heavy (non-hydrogen) atoms. The first-order valence-corrected chi connectivity index (χ1v) is 6.89. The van der Waals surface area contributed by atoms with E-state index in [1.54, 1.807) is 0 Å². The molecule has 0 aromatic heterocycles. The fourth-order valence-electron chi connectivity index (χ4n) is 2.77. The minimum atomic E-state index is 0.728. The predicted octanol–water partition coefficient (Wildman–Crippen LogP) is 2.01. The van der Waals surface area contributed by atoms with Crippen LogP contribution in [0.15, 0.2) is 29.3 Å². The van der Waals surface area contributed by atoms with Crippen LogP contribution in [0.4, 0.5) is 0 Å². The average Bonchev–Trinajstić information content (AvgIpc) is 2.94. The smallest absolute Gasteiger partial charge is 0.216 e. The first kappa shape index (κ1) is 11.7. The highest BCUT2D eigenvalue weighted by Crippen LogP contribution is 2.18. The van der Waals surface area contributed by atoms with Crippen molar-refractivity contribution in [3.63, 3.8) is 0 Å². The maximum absolute atomic E-state index is 5.52. The molecule has 96 valence electrons. The van der Waals surface area contributed by atoms with E-state index in [0.717, 1.165) is 43.5 Å². The van der Waals surface area contributed by atoms with Crippen LogP contribution in [0.25, 0.3) is 0 Å². The summed E-state index contributed by atoms with van der Waals surface area (Å²) in [6.07, 6.45) is 3.81. The lowest BCUT2D eigenvalue weighted by atomic mass is 9.92. The molecule has 1 saturated heterocycles. The van der Waals surface area contributed by atoms with Crippen molar-refractivity contribution in [1.82, 2.24) is 5.32 Å². The highest BCUT2D eigenvalue weighted by atomic mass is 16.5. The number of nitrogens with one attached hydrogen (secondary N) is 1. The van der Waals surface area contributed by atoms with Crippen LogP contribution in [0, 0.1) is 5.92 Å². The third-order valence-electron chi connectivity index (χ3n) is 3.68. The number of benzene rings is 1. The summed E-state index contributed by atoms with van der Waals surface area (Å²) in [6, 6.07) is 8.66. The van der Waals surface area contributed by atoms with E-state index in [0.29, 0.717) is 0 Å². The normalized spacial score (nSPS) is 23.6. The lowest BCUT2D eigenvalue weighted by Crippen LogP contribution is -2.30. The highest BCUT2D eigenvalue weighted by Gasteiger charge is 2.15. The first-order chi connectivity index (χ1) is 8.92. The second kappa shape index (κ2) is 5.53. The van der Waals surface area contributed by atoms with Gasteiger partial charge in [0.15, 0.2) is 0 Å². The molecule has 0 radical (unpaired) electrons. The van der Waals surface area contributed by atoms with Crippen LogP contribution in [-0.4, -0.2) is 32.1 Å². The Hall–Kier alpha value is -1.35. The number of hydrogen-bond donors (Lipinski definition) is 1. The molecular weight excluding hydrogens is 224 g/mol. The summed E-state index contributed by atoms with van der Waals surface area (Å²) in [5.74, 6) is 1.60. The van der Waals surface area contributed by atoms with Gasteiger partial charge in [-0.3, -0.25) is 0 Å². The number of nitrogens with zero attached hydrogens (tertiary/aromatic N) is 1. The van der Waals surface area contributed by atoms with Crippen LogP contribution in [0.1, 0.15) is 24.0 Å². The topological polar surface area (TPSA) is 33.6 Å². The van der Waals surface area contributed by atoms with Gasteiger partial charge in [-0.05, 0) is 56.0 Å². The quantitative estimate of drug-likeness (QED) is 0.882. The number of piperidine rings is 1. The van der Waals surface area contributed by atoms with Gasteiger partial charge in [-0.25, -0.2) is 4.99 Å². The van der Waals surface area contributed by atoms with Crippen LogP contribution >= 0.6 is 0 Å². The lowest BCUT2D eigenvalue weighted by molar-refractivity contribution is 0.348. The molecule has 1 aromatic rings. The molecule has 0 spiro atoms. The van der Waals surface area contributed by atoms with Crippen LogP contribution in [0.3, 0.4) is 0 Å². The van der Waals surface area contributed by atoms with Gasteiger partial charge in [0.2, 0.25) is 5.90 Å². The Labute approximate surface area is 108 Å². The molecule has 0 bridgehead atoms. The maximum atomic E-state index is 5.52. The molecule has 1 unspecified atom stereocenters. The molecule has 0 saturated carbocycles. The van der Waals surface area contributed by atoms with Gasteiger partial charge in [0.1, 0.15) is 6.61 Å². The zero-order valence-electron chi connectivity index (χ0n) is 10.7. The molecule has 2 aliphatic rings. The highest BCUT2D eigenvalue weighted by molar-refractivity contribution is 5.95. The third-order valence-corrected chi connectivity index (χ3v) is 3.68. The summed E-state index contributed by atoms with van der Waals surface area (Å²) >= 11 is 0. The Morgan fingerprint density at radius 1 is 1.39 bits per heavy atom. The lowest BCUT2D eigenvalue weighted by Gasteiger charge is -2.22. The molecule has 2 heterocycles. The summed E-state index contributed by atoms with van der Waals surface area (Å²) in [5.41, 5.74) is 2.54. The average molecular weight is 244 g/mol. The third kappa shape index (κ3) is 2.72. The number of ether oxygens (including phenoxy) is 1. The van der Waals surface area contributed by atoms with Crippen LogP contribution < -0.4 is 5.32 Å². The Bertz CT molecular complexity index is 436. The zero-order chi connectivity index (χ0) is 12.2. The van der Waals surface area contributed by atoms with Crippen molar-refractivity contribution in [2.24, 2.45) is 10.9 Å². The summed E-state index contributed by atoms with van der Waals surface area (Å²) in [5, 5.41) is 3.48. The Balaban J connectivity index is 1.70. The van der Waals surface area contributed by atoms with Crippen molar-refractivity contribution in [2.75, 3.05) is 26.2 Å². The van der Waals surface area contributed by atoms with Gasteiger partial charge in [0.25, 0.3) is 0 Å². The molecule has 0 aliphatic carbocycles. The summed E-state index contributed by atoms with van der Waals surface area (Å²) in [4.78, 5) is 4.38. The van der Waals surface area contributed by atoms with E-state index in [9.17, 15) is 0 Å². The molecule has 2 aliphatic heterocycles. The summed E-state index contributed by atoms with van der Waals surface area (Å²) in [7, 11) is 0. The second-order valence-electron chi connectivity index (χ2n) is 5.15. The first-order valence-electron chi connectivity index (χ1n) is 6.89. The minimum Gasteiger partial charge on any atom is -0.476 e. The fraction of sp³-hybridized carbons (Fsp3) is 0.533. The summed E-state index contributed by atoms with van der Waals surface area (Å²) in [6.45, 7) is 3.86. The number of rotatable bonds is 3. The number of aliphatic imine (C=N–C) groups is 1. The van der Waals surface area contributed by atoms with Gasteiger partial charge >= 0.3 is 0 Å². The molecule has 1 atom stereocenters. The Morgan fingerprint density at radius 3 is 3.17 bits per heavy atom. The van der Waals surface area contributed by atoms with Crippen LogP contribution in [0.5, 0.6) is 0 Å². The van der Waals surface area contributed by atoms with E-state index in [2.05, 4.69) is 34.6 Å². The van der Waals surface area contributed by atoms with Gasteiger partial charge < -0.3 is 10.1 Å². The van der Waals surface area contributed by atoms with Gasteiger partial charge in [-0.2, -0.15) is 0 Å². The Kier molecular flexibility index (Phi) is 3.60.